The molecule has 1 aromatic heterocycles. The number of rotatable bonds is 7. The molecule has 168 valence electrons. The molecular formula is C23H26N4O4S. The zero-order valence-corrected chi connectivity index (χ0v) is 18.9. The maximum absolute atomic E-state index is 13.2. The molecule has 1 saturated heterocycles. The number of ether oxygens (including phenoxy) is 1. The van der Waals surface area contributed by atoms with Gasteiger partial charge in [0.05, 0.1) is 12.3 Å². The number of anilines is 1. The molecular weight excluding hydrogens is 428 g/mol. The number of hydrogen-bond acceptors (Lipinski definition) is 5. The summed E-state index contributed by atoms with van der Waals surface area (Å²) in [5, 5.41) is 7.18. The maximum atomic E-state index is 13.2. The standard InChI is InChI=1S/C23H26N4O4S/c1-3-31-21-12-11-18(16-22(21)32(29,30)26-13-7-8-14-26)24-23(28)20-15-17(2)27(25-20)19-9-5-4-6-10-19/h4-6,9-12,15-16H,3,7-8,13-14H2,1-2H3,(H,24,28). The van der Waals surface area contributed by atoms with Crippen LogP contribution in [0.5, 0.6) is 5.75 Å². The molecule has 9 heteroatoms. The van der Waals surface area contributed by atoms with Gasteiger partial charge in [0, 0.05) is 24.5 Å². The summed E-state index contributed by atoms with van der Waals surface area (Å²) in [6.45, 7) is 4.98. The van der Waals surface area contributed by atoms with Crippen molar-refractivity contribution in [1.29, 1.82) is 0 Å². The van der Waals surface area contributed by atoms with Gasteiger partial charge in [0.2, 0.25) is 10.0 Å². The summed E-state index contributed by atoms with van der Waals surface area (Å²) < 4.78 is 35.0. The smallest absolute Gasteiger partial charge is 0.276 e. The highest BCUT2D eigenvalue weighted by atomic mass is 32.2. The van der Waals surface area contributed by atoms with Crippen LogP contribution in [0.3, 0.4) is 0 Å². The number of nitrogens with one attached hydrogen (secondary N) is 1. The van der Waals surface area contributed by atoms with Gasteiger partial charge in [-0.1, -0.05) is 18.2 Å². The number of carbonyl (C=O) groups excluding carboxylic acids is 1. The van der Waals surface area contributed by atoms with Gasteiger partial charge in [0.15, 0.2) is 5.69 Å². The van der Waals surface area contributed by atoms with Crippen LogP contribution in [-0.2, 0) is 10.0 Å². The maximum Gasteiger partial charge on any atom is 0.276 e. The van der Waals surface area contributed by atoms with Gasteiger partial charge < -0.3 is 10.1 Å². The lowest BCUT2D eigenvalue weighted by Crippen LogP contribution is -2.28. The first kappa shape index (κ1) is 22.0. The van der Waals surface area contributed by atoms with Crippen molar-refractivity contribution in [3.8, 4) is 11.4 Å². The average molecular weight is 455 g/mol. The molecule has 4 rings (SSSR count). The second-order valence-corrected chi connectivity index (χ2v) is 9.48. The van der Waals surface area contributed by atoms with Gasteiger partial charge in [0.1, 0.15) is 10.6 Å². The highest BCUT2D eigenvalue weighted by molar-refractivity contribution is 7.89. The van der Waals surface area contributed by atoms with Gasteiger partial charge in [-0.2, -0.15) is 9.40 Å². The molecule has 0 bridgehead atoms. The summed E-state index contributed by atoms with van der Waals surface area (Å²) in [4.78, 5) is 12.9. The Bertz CT molecular complexity index is 1220. The Hall–Kier alpha value is -3.17. The molecule has 1 amide bonds. The molecule has 1 fully saturated rings. The predicted octanol–water partition coefficient (Wildman–Crippen LogP) is 3.62. The number of sulfonamides is 1. The van der Waals surface area contributed by atoms with Gasteiger partial charge in [-0.25, -0.2) is 13.1 Å². The van der Waals surface area contributed by atoms with E-state index in [0.29, 0.717) is 25.4 Å². The molecule has 8 nitrogen and oxygen atoms in total. The van der Waals surface area contributed by atoms with Crippen molar-refractivity contribution in [2.24, 2.45) is 0 Å². The van der Waals surface area contributed by atoms with E-state index in [2.05, 4.69) is 10.4 Å². The molecule has 3 aromatic rings. The van der Waals surface area contributed by atoms with E-state index in [1.54, 1.807) is 29.8 Å². The third-order valence-corrected chi connectivity index (χ3v) is 7.22. The van der Waals surface area contributed by atoms with Crippen LogP contribution < -0.4 is 10.1 Å². The van der Waals surface area contributed by atoms with Crippen LogP contribution in [-0.4, -0.2) is 48.1 Å². The predicted molar refractivity (Wildman–Crippen MR) is 122 cm³/mol. The number of nitrogens with zero attached hydrogens (tertiary/aromatic N) is 3. The number of amides is 1. The first-order valence-corrected chi connectivity index (χ1v) is 12.0. The van der Waals surface area contributed by atoms with Crippen molar-refractivity contribution >= 4 is 21.6 Å². The van der Waals surface area contributed by atoms with Crippen LogP contribution in [0.15, 0.2) is 59.5 Å². The molecule has 0 unspecified atom stereocenters. The van der Waals surface area contributed by atoms with Gasteiger partial charge in [-0.05, 0) is 63.1 Å². The van der Waals surface area contributed by atoms with Gasteiger partial charge >= 0.3 is 0 Å². The topological polar surface area (TPSA) is 93.5 Å². The fourth-order valence-electron chi connectivity index (χ4n) is 3.74. The summed E-state index contributed by atoms with van der Waals surface area (Å²) in [5.74, 6) is -0.141. The number of carbonyl (C=O) groups is 1. The Kier molecular flexibility index (Phi) is 6.29. The minimum Gasteiger partial charge on any atom is -0.492 e. The number of benzene rings is 2. The van der Waals surface area contributed by atoms with Crippen molar-refractivity contribution < 1.29 is 17.9 Å². The van der Waals surface area contributed by atoms with Crippen LogP contribution in [0.25, 0.3) is 5.69 Å². The van der Waals surface area contributed by atoms with E-state index >= 15 is 0 Å². The average Bonchev–Trinajstić information content (AvgIpc) is 3.46. The zero-order valence-electron chi connectivity index (χ0n) is 18.1. The monoisotopic (exact) mass is 454 g/mol. The summed E-state index contributed by atoms with van der Waals surface area (Å²) in [7, 11) is -3.72. The molecule has 0 spiro atoms. The van der Waals surface area contributed by atoms with Crippen LogP contribution in [0.4, 0.5) is 5.69 Å². The third kappa shape index (κ3) is 4.39. The quantitative estimate of drug-likeness (QED) is 0.589. The van der Waals surface area contributed by atoms with E-state index in [0.717, 1.165) is 24.2 Å². The highest BCUT2D eigenvalue weighted by Gasteiger charge is 2.30. The minimum absolute atomic E-state index is 0.0602. The van der Waals surface area contributed by atoms with Crippen LogP contribution in [0, 0.1) is 6.92 Å². The molecule has 0 atom stereocenters. The van der Waals surface area contributed by atoms with Crippen molar-refractivity contribution in [3.05, 3.63) is 66.0 Å². The molecule has 0 saturated carbocycles. The van der Waals surface area contributed by atoms with Gasteiger partial charge in [0.25, 0.3) is 5.91 Å². The Morgan fingerprint density at radius 1 is 1.09 bits per heavy atom. The number of para-hydroxylation sites is 1. The molecule has 1 aliphatic heterocycles. The Morgan fingerprint density at radius 2 is 1.81 bits per heavy atom. The highest BCUT2D eigenvalue weighted by Crippen LogP contribution is 2.31. The van der Waals surface area contributed by atoms with Gasteiger partial charge in [-0.3, -0.25) is 4.79 Å². The first-order chi connectivity index (χ1) is 15.4. The van der Waals surface area contributed by atoms with E-state index in [1.807, 2.05) is 37.3 Å². The Balaban J connectivity index is 1.61. The molecule has 2 aromatic carbocycles. The molecule has 1 aliphatic rings. The van der Waals surface area contributed by atoms with Crippen molar-refractivity contribution in [1.82, 2.24) is 14.1 Å². The SMILES string of the molecule is CCOc1ccc(NC(=O)c2cc(C)n(-c3ccccc3)n2)cc1S(=O)(=O)N1CCCC1. The van der Waals surface area contributed by atoms with E-state index in [4.69, 9.17) is 4.74 Å². The van der Waals surface area contributed by atoms with E-state index < -0.39 is 15.9 Å². The zero-order chi connectivity index (χ0) is 22.7. The molecule has 1 N–H and O–H groups in total. The van der Waals surface area contributed by atoms with Crippen molar-refractivity contribution in [3.63, 3.8) is 0 Å². The summed E-state index contributed by atoms with van der Waals surface area (Å²) in [6.07, 6.45) is 1.67. The lowest BCUT2D eigenvalue weighted by molar-refractivity contribution is 0.102. The molecule has 0 aliphatic carbocycles. The number of aryl methyl sites for hydroxylation is 1. The molecule has 32 heavy (non-hydrogen) atoms. The lowest BCUT2D eigenvalue weighted by atomic mass is 10.2. The number of hydrogen-bond donors (Lipinski definition) is 1. The first-order valence-electron chi connectivity index (χ1n) is 10.6. The lowest BCUT2D eigenvalue weighted by Gasteiger charge is -2.19. The fraction of sp³-hybridized carbons (Fsp3) is 0.304. The molecule has 2 heterocycles. The summed E-state index contributed by atoms with van der Waals surface area (Å²) >= 11 is 0. The van der Waals surface area contributed by atoms with E-state index in [1.165, 1.54) is 10.4 Å². The second kappa shape index (κ2) is 9.13. The Labute approximate surface area is 187 Å². The second-order valence-electron chi connectivity index (χ2n) is 7.58. The summed E-state index contributed by atoms with van der Waals surface area (Å²) in [5.41, 5.74) is 2.27. The normalized spacial score (nSPS) is 14.4. The Morgan fingerprint density at radius 3 is 2.50 bits per heavy atom. The van der Waals surface area contributed by atoms with Crippen LogP contribution in [0.2, 0.25) is 0 Å². The minimum atomic E-state index is -3.72. The molecule has 0 radical (unpaired) electrons. The summed E-state index contributed by atoms with van der Waals surface area (Å²) in [6, 6.07) is 15.9. The van der Waals surface area contributed by atoms with E-state index in [9.17, 15) is 13.2 Å². The van der Waals surface area contributed by atoms with Crippen LogP contribution in [0.1, 0.15) is 35.9 Å². The van der Waals surface area contributed by atoms with E-state index in [-0.39, 0.29) is 16.3 Å². The van der Waals surface area contributed by atoms with Crippen LogP contribution >= 0.6 is 0 Å². The third-order valence-electron chi connectivity index (χ3n) is 5.31. The largest absolute Gasteiger partial charge is 0.492 e. The van der Waals surface area contributed by atoms with Crippen molar-refractivity contribution in [2.45, 2.75) is 31.6 Å². The number of aromatic nitrogens is 2. The fourth-order valence-corrected chi connectivity index (χ4v) is 5.42. The van der Waals surface area contributed by atoms with Gasteiger partial charge in [-0.15, -0.1) is 0 Å². The van der Waals surface area contributed by atoms with Crippen molar-refractivity contribution in [2.75, 3.05) is 25.0 Å².